The Labute approximate surface area is 84.3 Å². The van der Waals surface area contributed by atoms with E-state index in [1.807, 2.05) is 0 Å². The van der Waals surface area contributed by atoms with Gasteiger partial charge in [0.1, 0.15) is 5.69 Å². The molecular formula is C8H8ClF2NO2. The highest BCUT2D eigenvalue weighted by Crippen LogP contribution is 2.32. The van der Waals surface area contributed by atoms with E-state index in [1.54, 1.807) is 0 Å². The molecule has 1 heterocycles. The predicted octanol–water partition coefficient (Wildman–Crippen LogP) is 2.17. The fourth-order valence-corrected chi connectivity index (χ4v) is 1.29. The van der Waals surface area contributed by atoms with Crippen LogP contribution in [0.3, 0.4) is 0 Å². The van der Waals surface area contributed by atoms with Gasteiger partial charge in [0.2, 0.25) is 0 Å². The summed E-state index contributed by atoms with van der Waals surface area (Å²) in [5.74, 6) is 0.167. The number of ether oxygens (including phenoxy) is 1. The molecule has 0 fully saturated rings. The lowest BCUT2D eigenvalue weighted by atomic mass is 10.2. The first-order valence-corrected chi connectivity index (χ1v) is 4.09. The minimum absolute atomic E-state index is 0.0275. The molecule has 0 aliphatic carbocycles. The number of methoxy groups -OCH3 is 1. The molecule has 1 rings (SSSR count). The van der Waals surface area contributed by atoms with Gasteiger partial charge >= 0.3 is 0 Å². The SMILES string of the molecule is COc1cnc(C(F)F)c(CO)c1Cl. The summed E-state index contributed by atoms with van der Waals surface area (Å²) >= 11 is 5.70. The third-order valence-electron chi connectivity index (χ3n) is 1.70. The number of rotatable bonds is 3. The van der Waals surface area contributed by atoms with Gasteiger partial charge in [-0.2, -0.15) is 0 Å². The van der Waals surface area contributed by atoms with Gasteiger partial charge in [0.15, 0.2) is 5.75 Å². The third-order valence-corrected chi connectivity index (χ3v) is 2.11. The van der Waals surface area contributed by atoms with Crippen LogP contribution in [0.15, 0.2) is 6.20 Å². The molecule has 78 valence electrons. The van der Waals surface area contributed by atoms with Gasteiger partial charge < -0.3 is 9.84 Å². The Balaban J connectivity index is 3.28. The van der Waals surface area contributed by atoms with Crippen molar-refractivity contribution < 1.29 is 18.6 Å². The second-order valence-electron chi connectivity index (χ2n) is 2.46. The van der Waals surface area contributed by atoms with Crippen LogP contribution in [0.4, 0.5) is 8.78 Å². The summed E-state index contributed by atoms with van der Waals surface area (Å²) in [6, 6.07) is 0. The largest absolute Gasteiger partial charge is 0.494 e. The van der Waals surface area contributed by atoms with Crippen LogP contribution in [-0.4, -0.2) is 17.2 Å². The predicted molar refractivity (Wildman–Crippen MR) is 46.7 cm³/mol. The fourth-order valence-electron chi connectivity index (χ4n) is 1.00. The van der Waals surface area contributed by atoms with Crippen LogP contribution in [0.2, 0.25) is 5.02 Å². The number of alkyl halides is 2. The standard InChI is InChI=1S/C8H8ClF2NO2/c1-14-5-2-12-7(8(10)11)4(3-13)6(5)9/h2,8,13H,3H2,1H3. The number of aliphatic hydroxyl groups is 1. The zero-order valence-electron chi connectivity index (χ0n) is 7.30. The molecule has 0 atom stereocenters. The van der Waals surface area contributed by atoms with Gasteiger partial charge in [0, 0.05) is 5.56 Å². The van der Waals surface area contributed by atoms with Crippen molar-refractivity contribution in [2.75, 3.05) is 7.11 Å². The molecule has 1 aromatic heterocycles. The Morgan fingerprint density at radius 1 is 1.64 bits per heavy atom. The summed E-state index contributed by atoms with van der Waals surface area (Å²) in [6.07, 6.45) is -1.66. The molecule has 3 nitrogen and oxygen atoms in total. The van der Waals surface area contributed by atoms with Crippen LogP contribution < -0.4 is 4.74 Å². The van der Waals surface area contributed by atoms with Gasteiger partial charge in [0.25, 0.3) is 6.43 Å². The van der Waals surface area contributed by atoms with Crippen molar-refractivity contribution >= 4 is 11.6 Å². The Kier molecular flexibility index (Phi) is 3.60. The van der Waals surface area contributed by atoms with E-state index in [-0.39, 0.29) is 16.3 Å². The lowest BCUT2D eigenvalue weighted by molar-refractivity contribution is 0.141. The monoisotopic (exact) mass is 223 g/mol. The highest BCUT2D eigenvalue weighted by atomic mass is 35.5. The number of pyridine rings is 1. The molecule has 1 aromatic rings. The highest BCUT2D eigenvalue weighted by Gasteiger charge is 2.19. The molecule has 0 amide bonds. The summed E-state index contributed by atoms with van der Waals surface area (Å²) < 4.78 is 29.5. The summed E-state index contributed by atoms with van der Waals surface area (Å²) in [7, 11) is 1.34. The maximum atomic E-state index is 12.4. The van der Waals surface area contributed by atoms with E-state index >= 15 is 0 Å². The molecule has 0 saturated heterocycles. The van der Waals surface area contributed by atoms with Gasteiger partial charge in [-0.3, -0.25) is 4.98 Å². The van der Waals surface area contributed by atoms with Crippen LogP contribution in [0.5, 0.6) is 5.75 Å². The van der Waals surface area contributed by atoms with Crippen molar-refractivity contribution in [1.82, 2.24) is 4.98 Å². The minimum Gasteiger partial charge on any atom is -0.494 e. The summed E-state index contributed by atoms with van der Waals surface area (Å²) in [5.41, 5.74) is -0.612. The molecule has 0 saturated carbocycles. The van der Waals surface area contributed by atoms with Gasteiger partial charge in [-0.15, -0.1) is 0 Å². The average molecular weight is 224 g/mol. The van der Waals surface area contributed by atoms with E-state index in [0.717, 1.165) is 6.20 Å². The quantitative estimate of drug-likeness (QED) is 0.854. The van der Waals surface area contributed by atoms with Crippen molar-refractivity contribution in [2.24, 2.45) is 0 Å². The van der Waals surface area contributed by atoms with Gasteiger partial charge in [-0.05, 0) is 0 Å². The topological polar surface area (TPSA) is 42.4 Å². The highest BCUT2D eigenvalue weighted by molar-refractivity contribution is 6.32. The second-order valence-corrected chi connectivity index (χ2v) is 2.84. The van der Waals surface area contributed by atoms with E-state index in [2.05, 4.69) is 4.98 Å². The van der Waals surface area contributed by atoms with Crippen LogP contribution in [0.25, 0.3) is 0 Å². The van der Waals surface area contributed by atoms with E-state index < -0.39 is 18.7 Å². The molecule has 6 heteroatoms. The first kappa shape index (κ1) is 11.1. The summed E-state index contributed by atoms with van der Waals surface area (Å²) in [6.45, 7) is -0.595. The normalized spacial score (nSPS) is 10.7. The van der Waals surface area contributed by atoms with Crippen molar-refractivity contribution in [3.63, 3.8) is 0 Å². The molecule has 0 radical (unpaired) electrons. The molecule has 0 unspecified atom stereocenters. The van der Waals surface area contributed by atoms with Gasteiger partial charge in [0.05, 0.1) is 24.9 Å². The summed E-state index contributed by atoms with van der Waals surface area (Å²) in [4.78, 5) is 3.46. The molecule has 1 N–H and O–H groups in total. The number of aromatic nitrogens is 1. The molecule has 0 bridgehead atoms. The van der Waals surface area contributed by atoms with E-state index in [0.29, 0.717) is 0 Å². The Morgan fingerprint density at radius 2 is 2.29 bits per heavy atom. The van der Waals surface area contributed by atoms with Gasteiger partial charge in [-0.1, -0.05) is 11.6 Å². The Bertz CT molecular complexity index is 333. The van der Waals surface area contributed by atoms with Gasteiger partial charge in [-0.25, -0.2) is 8.78 Å². The van der Waals surface area contributed by atoms with Crippen molar-refractivity contribution in [3.8, 4) is 5.75 Å². The van der Waals surface area contributed by atoms with Crippen LogP contribution >= 0.6 is 11.6 Å². The molecule has 14 heavy (non-hydrogen) atoms. The number of hydrogen-bond donors (Lipinski definition) is 1. The lowest BCUT2D eigenvalue weighted by Gasteiger charge is -2.10. The van der Waals surface area contributed by atoms with Crippen molar-refractivity contribution in [2.45, 2.75) is 13.0 Å². The number of hydrogen-bond acceptors (Lipinski definition) is 3. The molecule has 0 aliphatic heterocycles. The zero-order chi connectivity index (χ0) is 10.7. The number of halogens is 3. The minimum atomic E-state index is -2.76. The Morgan fingerprint density at radius 3 is 2.71 bits per heavy atom. The molecule has 0 aromatic carbocycles. The average Bonchev–Trinajstić information content (AvgIpc) is 2.17. The third kappa shape index (κ3) is 1.93. The first-order valence-electron chi connectivity index (χ1n) is 3.72. The first-order chi connectivity index (χ1) is 6.61. The lowest BCUT2D eigenvalue weighted by Crippen LogP contribution is -2.01. The number of aliphatic hydroxyl groups excluding tert-OH is 1. The smallest absolute Gasteiger partial charge is 0.280 e. The second kappa shape index (κ2) is 4.52. The van der Waals surface area contributed by atoms with Crippen molar-refractivity contribution in [1.29, 1.82) is 0 Å². The fraction of sp³-hybridized carbons (Fsp3) is 0.375. The van der Waals surface area contributed by atoms with E-state index in [1.165, 1.54) is 7.11 Å². The van der Waals surface area contributed by atoms with Crippen molar-refractivity contribution in [3.05, 3.63) is 22.5 Å². The van der Waals surface area contributed by atoms with Crippen LogP contribution in [0.1, 0.15) is 17.7 Å². The summed E-state index contributed by atoms with van der Waals surface area (Å²) in [5, 5.41) is 8.83. The number of nitrogens with zero attached hydrogens (tertiary/aromatic N) is 1. The molecular weight excluding hydrogens is 216 g/mol. The maximum Gasteiger partial charge on any atom is 0.280 e. The zero-order valence-corrected chi connectivity index (χ0v) is 8.05. The molecule has 0 spiro atoms. The maximum absolute atomic E-state index is 12.4. The molecule has 0 aliphatic rings. The van der Waals surface area contributed by atoms with E-state index in [9.17, 15) is 8.78 Å². The van der Waals surface area contributed by atoms with E-state index in [4.69, 9.17) is 21.4 Å². The Hall–Kier alpha value is -0.940. The van der Waals surface area contributed by atoms with Crippen LogP contribution in [-0.2, 0) is 6.61 Å². The van der Waals surface area contributed by atoms with Crippen LogP contribution in [0, 0.1) is 0 Å².